The number of aliphatic hydroxyl groups excluding tert-OH is 1. The lowest BCUT2D eigenvalue weighted by Gasteiger charge is -2.21. The van der Waals surface area contributed by atoms with Gasteiger partial charge >= 0.3 is 5.97 Å². The lowest BCUT2D eigenvalue weighted by Crippen LogP contribution is -2.36. The zero-order valence-electron chi connectivity index (χ0n) is 12.1. The first-order chi connectivity index (χ1) is 9.70. The van der Waals surface area contributed by atoms with E-state index in [1.807, 2.05) is 0 Å². The molecule has 0 spiro atoms. The fourth-order valence-corrected chi connectivity index (χ4v) is 3.27. The molecule has 118 valence electrons. The molecule has 2 N–H and O–H groups in total. The summed E-state index contributed by atoms with van der Waals surface area (Å²) < 4.78 is 30.6. The van der Waals surface area contributed by atoms with E-state index in [-0.39, 0.29) is 23.6 Å². The van der Waals surface area contributed by atoms with Crippen LogP contribution in [0.3, 0.4) is 0 Å². The molecule has 1 rings (SSSR count). The van der Waals surface area contributed by atoms with Crippen molar-refractivity contribution in [3.8, 4) is 0 Å². The maximum absolute atomic E-state index is 12.4. The number of methoxy groups -OCH3 is 1. The lowest BCUT2D eigenvalue weighted by molar-refractivity contribution is 0.0554. The third-order valence-corrected chi connectivity index (χ3v) is 4.92. The Balaban J connectivity index is 3.12. The van der Waals surface area contributed by atoms with Crippen LogP contribution in [0.15, 0.2) is 23.1 Å². The number of aromatic carboxylic acids is 1. The molecular formula is C13H19NO6S. The number of aryl methyl sites for hydroxylation is 1. The van der Waals surface area contributed by atoms with Gasteiger partial charge in [0.1, 0.15) is 0 Å². The zero-order chi connectivity index (χ0) is 16.2. The summed E-state index contributed by atoms with van der Waals surface area (Å²) in [5.41, 5.74) is 0.332. The van der Waals surface area contributed by atoms with Crippen LogP contribution in [0.5, 0.6) is 0 Å². The number of carboxylic acid groups (broad SMARTS) is 1. The largest absolute Gasteiger partial charge is 0.478 e. The van der Waals surface area contributed by atoms with Crippen LogP contribution in [-0.4, -0.2) is 62.3 Å². The van der Waals surface area contributed by atoms with Gasteiger partial charge in [-0.2, -0.15) is 4.31 Å². The highest BCUT2D eigenvalue weighted by Crippen LogP contribution is 2.21. The highest BCUT2D eigenvalue weighted by Gasteiger charge is 2.25. The highest BCUT2D eigenvalue weighted by molar-refractivity contribution is 7.89. The van der Waals surface area contributed by atoms with Crippen LogP contribution < -0.4 is 0 Å². The van der Waals surface area contributed by atoms with Crippen LogP contribution in [0.25, 0.3) is 0 Å². The average Bonchev–Trinajstić information content (AvgIpc) is 2.38. The van der Waals surface area contributed by atoms with E-state index in [9.17, 15) is 18.3 Å². The molecule has 0 aliphatic heterocycles. The molecule has 7 nitrogen and oxygen atoms in total. The summed E-state index contributed by atoms with van der Waals surface area (Å²) in [6.07, 6.45) is -0.960. The van der Waals surface area contributed by atoms with E-state index >= 15 is 0 Å². The number of nitrogens with zero attached hydrogens (tertiary/aromatic N) is 1. The van der Waals surface area contributed by atoms with E-state index in [4.69, 9.17) is 9.84 Å². The fraction of sp³-hybridized carbons (Fsp3) is 0.462. The summed E-state index contributed by atoms with van der Waals surface area (Å²) in [6.45, 7) is 1.44. The second kappa shape index (κ2) is 6.99. The molecule has 0 amide bonds. The second-order valence-electron chi connectivity index (χ2n) is 4.68. The average molecular weight is 317 g/mol. The van der Waals surface area contributed by atoms with Crippen molar-refractivity contribution < 1.29 is 28.2 Å². The Kier molecular flexibility index (Phi) is 5.85. The standard InChI is InChI=1S/C13H19NO6S/c1-9-4-5-10(13(16)17)6-12(9)21(18,19)14(2)7-11(15)8-20-3/h4-6,11,15H,7-8H2,1-3H3,(H,16,17). The van der Waals surface area contributed by atoms with Gasteiger partial charge in [-0.25, -0.2) is 13.2 Å². The van der Waals surface area contributed by atoms with E-state index in [1.165, 1.54) is 26.3 Å². The van der Waals surface area contributed by atoms with E-state index in [0.717, 1.165) is 10.4 Å². The van der Waals surface area contributed by atoms with Crippen molar-refractivity contribution >= 4 is 16.0 Å². The number of hydrogen-bond acceptors (Lipinski definition) is 5. The van der Waals surface area contributed by atoms with Crippen LogP contribution >= 0.6 is 0 Å². The Morgan fingerprint density at radius 1 is 1.43 bits per heavy atom. The Bertz CT molecular complexity index is 613. The minimum Gasteiger partial charge on any atom is -0.478 e. The number of ether oxygens (including phenoxy) is 1. The monoisotopic (exact) mass is 317 g/mol. The van der Waals surface area contributed by atoms with Crippen LogP contribution in [0, 0.1) is 6.92 Å². The van der Waals surface area contributed by atoms with Crippen molar-refractivity contribution in [3.63, 3.8) is 0 Å². The number of carboxylic acids is 1. The van der Waals surface area contributed by atoms with Crippen LogP contribution in [0.4, 0.5) is 0 Å². The number of aliphatic hydroxyl groups is 1. The molecule has 0 aliphatic carbocycles. The Morgan fingerprint density at radius 3 is 2.57 bits per heavy atom. The van der Waals surface area contributed by atoms with Crippen molar-refractivity contribution in [2.75, 3.05) is 27.3 Å². The number of benzene rings is 1. The molecule has 0 saturated heterocycles. The van der Waals surface area contributed by atoms with Crippen LogP contribution in [0.2, 0.25) is 0 Å². The predicted molar refractivity (Wildman–Crippen MR) is 75.8 cm³/mol. The Labute approximate surface area is 123 Å². The van der Waals surface area contributed by atoms with E-state index in [2.05, 4.69) is 0 Å². The smallest absolute Gasteiger partial charge is 0.335 e. The molecule has 0 fully saturated rings. The molecule has 0 bridgehead atoms. The first-order valence-electron chi connectivity index (χ1n) is 6.17. The first kappa shape index (κ1) is 17.6. The fourth-order valence-electron chi connectivity index (χ4n) is 1.82. The number of rotatable bonds is 7. The summed E-state index contributed by atoms with van der Waals surface area (Å²) in [5, 5.41) is 18.6. The van der Waals surface area contributed by atoms with Crippen molar-refractivity contribution in [3.05, 3.63) is 29.3 Å². The van der Waals surface area contributed by atoms with Gasteiger partial charge in [0.05, 0.1) is 23.2 Å². The van der Waals surface area contributed by atoms with Crippen molar-refractivity contribution in [2.24, 2.45) is 0 Å². The van der Waals surface area contributed by atoms with E-state index in [1.54, 1.807) is 6.92 Å². The predicted octanol–water partition coefficient (Wildman–Crippen LogP) is 0.321. The van der Waals surface area contributed by atoms with Gasteiger partial charge in [-0.1, -0.05) is 6.07 Å². The summed E-state index contributed by atoms with van der Waals surface area (Å²) in [6, 6.07) is 3.90. The number of likely N-dealkylation sites (N-methyl/N-ethyl adjacent to an activating group) is 1. The molecule has 1 atom stereocenters. The van der Waals surface area contributed by atoms with Crippen molar-refractivity contribution in [1.29, 1.82) is 0 Å². The van der Waals surface area contributed by atoms with Gasteiger partial charge in [0.2, 0.25) is 10.0 Å². The Morgan fingerprint density at radius 2 is 2.05 bits per heavy atom. The van der Waals surface area contributed by atoms with Gasteiger partial charge in [0.25, 0.3) is 0 Å². The zero-order valence-corrected chi connectivity index (χ0v) is 12.9. The Hall–Kier alpha value is -1.48. The number of sulfonamides is 1. The minimum atomic E-state index is -3.88. The number of hydrogen-bond donors (Lipinski definition) is 2. The van der Waals surface area contributed by atoms with Crippen molar-refractivity contribution in [2.45, 2.75) is 17.9 Å². The highest BCUT2D eigenvalue weighted by atomic mass is 32.2. The molecule has 0 aliphatic rings. The molecule has 0 radical (unpaired) electrons. The van der Waals surface area contributed by atoms with Crippen LogP contribution in [-0.2, 0) is 14.8 Å². The maximum atomic E-state index is 12.4. The third-order valence-electron chi connectivity index (χ3n) is 2.95. The molecule has 1 aromatic rings. The normalized spacial score (nSPS) is 13.4. The van der Waals surface area contributed by atoms with Gasteiger partial charge in [0, 0.05) is 20.7 Å². The number of carbonyl (C=O) groups is 1. The van der Waals surface area contributed by atoms with Gasteiger partial charge in [0.15, 0.2) is 0 Å². The van der Waals surface area contributed by atoms with Gasteiger partial charge in [-0.15, -0.1) is 0 Å². The van der Waals surface area contributed by atoms with E-state index < -0.39 is 22.1 Å². The summed E-state index contributed by atoms with van der Waals surface area (Å²) in [7, 11) is -1.16. The van der Waals surface area contributed by atoms with Gasteiger partial charge in [-0.05, 0) is 24.6 Å². The molecule has 1 unspecified atom stereocenters. The first-order valence-corrected chi connectivity index (χ1v) is 7.61. The molecule has 1 aromatic carbocycles. The second-order valence-corrected chi connectivity index (χ2v) is 6.69. The molecule has 0 saturated carbocycles. The molecule has 0 heterocycles. The summed E-state index contributed by atoms with van der Waals surface area (Å²) in [5.74, 6) is -1.20. The molecule has 0 aromatic heterocycles. The quantitative estimate of drug-likeness (QED) is 0.750. The topological polar surface area (TPSA) is 104 Å². The van der Waals surface area contributed by atoms with Gasteiger partial charge < -0.3 is 14.9 Å². The maximum Gasteiger partial charge on any atom is 0.335 e. The lowest BCUT2D eigenvalue weighted by atomic mass is 10.1. The van der Waals surface area contributed by atoms with Crippen LogP contribution in [0.1, 0.15) is 15.9 Å². The minimum absolute atomic E-state index is 0.00794. The molecule has 8 heteroatoms. The van der Waals surface area contributed by atoms with E-state index in [0.29, 0.717) is 5.56 Å². The summed E-state index contributed by atoms with van der Waals surface area (Å²) >= 11 is 0. The molecular weight excluding hydrogens is 298 g/mol. The van der Waals surface area contributed by atoms with Crippen molar-refractivity contribution in [1.82, 2.24) is 4.31 Å². The third kappa shape index (κ3) is 4.24. The summed E-state index contributed by atoms with van der Waals surface area (Å²) in [4.78, 5) is 10.9. The molecule has 21 heavy (non-hydrogen) atoms. The van der Waals surface area contributed by atoms with Gasteiger partial charge in [-0.3, -0.25) is 0 Å². The SMILES string of the molecule is COCC(O)CN(C)S(=O)(=O)c1cc(C(=O)O)ccc1C.